The Bertz CT molecular complexity index is 1370. The molecule has 1 atom stereocenters. The highest BCUT2D eigenvalue weighted by Gasteiger charge is 2.46. The number of aryl methyl sites for hydroxylation is 1. The summed E-state index contributed by atoms with van der Waals surface area (Å²) in [4.78, 5) is 56.1. The maximum absolute atomic E-state index is 13.0. The molecule has 1 saturated heterocycles. The minimum atomic E-state index is -0.724. The second kappa shape index (κ2) is 6.66. The summed E-state index contributed by atoms with van der Waals surface area (Å²) < 4.78 is 9.91. The average molecular weight is 423 g/mol. The number of amides is 1. The number of benzene rings is 1. The lowest BCUT2D eigenvalue weighted by molar-refractivity contribution is -0.131. The van der Waals surface area contributed by atoms with Gasteiger partial charge in [-0.3, -0.25) is 23.5 Å². The molecule has 2 aromatic heterocycles. The minimum absolute atomic E-state index is 0.0150. The summed E-state index contributed by atoms with van der Waals surface area (Å²) in [5, 5.41) is 0. The Kier molecular flexibility index (Phi) is 4.14. The number of aromatic nitrogens is 4. The molecule has 1 aromatic carbocycles. The number of hydrogen-bond acceptors (Lipinski definition) is 6. The average Bonchev–Trinajstić information content (AvgIpc) is 3.35. The van der Waals surface area contributed by atoms with E-state index >= 15 is 0 Å². The third-order valence-corrected chi connectivity index (χ3v) is 6.19. The van der Waals surface area contributed by atoms with Crippen molar-refractivity contribution in [3.05, 3.63) is 57.0 Å². The van der Waals surface area contributed by atoms with Crippen LogP contribution in [0.15, 0.2) is 40.2 Å². The number of ketones is 1. The van der Waals surface area contributed by atoms with E-state index in [1.54, 1.807) is 23.1 Å². The van der Waals surface area contributed by atoms with Gasteiger partial charge in [-0.2, -0.15) is 0 Å². The fraction of sp³-hybridized carbons (Fsp3) is 0.381. The molecule has 10 heteroatoms. The first kappa shape index (κ1) is 19.3. The molecule has 0 bridgehead atoms. The molecule has 1 spiro atoms. The van der Waals surface area contributed by atoms with Gasteiger partial charge in [0.05, 0.1) is 24.9 Å². The molecule has 31 heavy (non-hydrogen) atoms. The van der Waals surface area contributed by atoms with Crippen LogP contribution in [-0.2, 0) is 25.4 Å². The Labute approximate surface area is 176 Å². The molecule has 3 aromatic rings. The standard InChI is InChI=1S/C21H21N5O5/c1-23-18-17(19(29)24(2)20(23)30)26(12-22-18)10-16(28)25-8-7-21(11-25)9-14(27)13-5-3-4-6-15(13)31-21/h3-6,12H,7-11H2,1-2H3. The molecular weight excluding hydrogens is 402 g/mol. The zero-order valence-electron chi connectivity index (χ0n) is 17.2. The molecule has 160 valence electrons. The minimum Gasteiger partial charge on any atom is -0.484 e. The Balaban J connectivity index is 1.39. The summed E-state index contributed by atoms with van der Waals surface area (Å²) in [5.41, 5.74) is -0.696. The largest absolute Gasteiger partial charge is 0.484 e. The van der Waals surface area contributed by atoms with Crippen LogP contribution >= 0.6 is 0 Å². The van der Waals surface area contributed by atoms with Crippen LogP contribution in [0.25, 0.3) is 11.2 Å². The second-order valence-corrected chi connectivity index (χ2v) is 8.20. The van der Waals surface area contributed by atoms with E-state index in [0.29, 0.717) is 30.8 Å². The fourth-order valence-electron chi connectivity index (χ4n) is 4.49. The van der Waals surface area contributed by atoms with Gasteiger partial charge in [0, 0.05) is 27.1 Å². The lowest BCUT2D eigenvalue weighted by atomic mass is 9.89. The number of ether oxygens (including phenoxy) is 1. The van der Waals surface area contributed by atoms with Crippen molar-refractivity contribution in [3.8, 4) is 5.75 Å². The van der Waals surface area contributed by atoms with Crippen LogP contribution in [0.1, 0.15) is 23.2 Å². The van der Waals surface area contributed by atoms with Crippen LogP contribution in [0.3, 0.4) is 0 Å². The van der Waals surface area contributed by atoms with Crippen LogP contribution < -0.4 is 16.0 Å². The van der Waals surface area contributed by atoms with Gasteiger partial charge in [-0.05, 0) is 12.1 Å². The summed E-state index contributed by atoms with van der Waals surface area (Å²) in [7, 11) is 2.92. The maximum Gasteiger partial charge on any atom is 0.332 e. The Morgan fingerprint density at radius 1 is 1.16 bits per heavy atom. The van der Waals surface area contributed by atoms with Crippen molar-refractivity contribution in [1.29, 1.82) is 0 Å². The zero-order chi connectivity index (χ0) is 21.9. The van der Waals surface area contributed by atoms with Crippen molar-refractivity contribution >= 4 is 22.9 Å². The highest BCUT2D eigenvalue weighted by atomic mass is 16.5. The highest BCUT2D eigenvalue weighted by molar-refractivity contribution is 6.00. The van der Waals surface area contributed by atoms with E-state index in [2.05, 4.69) is 4.98 Å². The number of para-hydroxylation sites is 1. The number of likely N-dealkylation sites (tertiary alicyclic amines) is 1. The molecule has 2 aliphatic heterocycles. The predicted octanol–water partition coefficient (Wildman–Crippen LogP) is 0.0702. The Morgan fingerprint density at radius 3 is 2.74 bits per heavy atom. The number of carbonyl (C=O) groups is 2. The van der Waals surface area contributed by atoms with Crippen molar-refractivity contribution in [2.24, 2.45) is 14.1 Å². The van der Waals surface area contributed by atoms with Gasteiger partial charge in [-0.15, -0.1) is 0 Å². The summed E-state index contributed by atoms with van der Waals surface area (Å²) in [6.45, 7) is 0.664. The van der Waals surface area contributed by atoms with Crippen LogP contribution in [-0.4, -0.2) is 54.0 Å². The van der Waals surface area contributed by atoms with Gasteiger partial charge < -0.3 is 14.2 Å². The van der Waals surface area contributed by atoms with E-state index in [1.807, 2.05) is 6.07 Å². The molecule has 10 nitrogen and oxygen atoms in total. The summed E-state index contributed by atoms with van der Waals surface area (Å²) >= 11 is 0. The van der Waals surface area contributed by atoms with Gasteiger partial charge in [0.2, 0.25) is 5.91 Å². The first-order valence-corrected chi connectivity index (χ1v) is 9.99. The molecule has 1 amide bonds. The quantitative estimate of drug-likeness (QED) is 0.577. The number of rotatable bonds is 2. The number of carbonyl (C=O) groups excluding carboxylic acids is 2. The van der Waals surface area contributed by atoms with Gasteiger partial charge in [0.1, 0.15) is 17.9 Å². The summed E-state index contributed by atoms with van der Waals surface area (Å²) in [5.74, 6) is 0.362. The van der Waals surface area contributed by atoms with Crippen LogP contribution in [0.2, 0.25) is 0 Å². The molecule has 4 heterocycles. The third kappa shape index (κ3) is 2.89. The number of Topliss-reactive ketones (excluding diaryl/α,β-unsaturated/α-hetero) is 1. The van der Waals surface area contributed by atoms with Crippen LogP contribution in [0.5, 0.6) is 5.75 Å². The predicted molar refractivity (Wildman–Crippen MR) is 110 cm³/mol. The van der Waals surface area contributed by atoms with Gasteiger partial charge in [-0.1, -0.05) is 12.1 Å². The maximum atomic E-state index is 13.0. The van der Waals surface area contributed by atoms with Gasteiger partial charge in [-0.25, -0.2) is 9.78 Å². The molecule has 0 saturated carbocycles. The third-order valence-electron chi connectivity index (χ3n) is 6.19. The van der Waals surface area contributed by atoms with Crippen LogP contribution in [0, 0.1) is 0 Å². The Morgan fingerprint density at radius 2 is 1.94 bits per heavy atom. The molecule has 0 N–H and O–H groups in total. The van der Waals surface area contributed by atoms with E-state index in [1.165, 1.54) is 29.6 Å². The highest BCUT2D eigenvalue weighted by Crippen LogP contribution is 2.38. The first-order chi connectivity index (χ1) is 14.8. The molecular formula is C21H21N5O5. The first-order valence-electron chi connectivity index (χ1n) is 9.99. The van der Waals surface area contributed by atoms with Gasteiger partial charge >= 0.3 is 5.69 Å². The van der Waals surface area contributed by atoms with Crippen molar-refractivity contribution in [2.45, 2.75) is 25.0 Å². The van der Waals surface area contributed by atoms with Gasteiger partial charge in [0.25, 0.3) is 5.56 Å². The fourth-order valence-corrected chi connectivity index (χ4v) is 4.49. The number of imidazole rings is 1. The molecule has 1 fully saturated rings. The van der Waals surface area contributed by atoms with E-state index in [0.717, 1.165) is 4.57 Å². The van der Waals surface area contributed by atoms with E-state index in [-0.39, 0.29) is 35.8 Å². The summed E-state index contributed by atoms with van der Waals surface area (Å²) in [6, 6.07) is 7.15. The van der Waals surface area contributed by atoms with Gasteiger partial charge in [0.15, 0.2) is 16.9 Å². The van der Waals surface area contributed by atoms with E-state index < -0.39 is 16.9 Å². The van der Waals surface area contributed by atoms with E-state index in [9.17, 15) is 19.2 Å². The lowest BCUT2D eigenvalue weighted by Gasteiger charge is -2.34. The number of nitrogens with zero attached hydrogens (tertiary/aromatic N) is 5. The van der Waals surface area contributed by atoms with Crippen molar-refractivity contribution < 1.29 is 14.3 Å². The molecule has 0 aliphatic carbocycles. The summed E-state index contributed by atoms with van der Waals surface area (Å²) in [6.07, 6.45) is 2.18. The normalized spacial score (nSPS) is 20.3. The molecule has 2 aliphatic rings. The van der Waals surface area contributed by atoms with Crippen molar-refractivity contribution in [1.82, 2.24) is 23.6 Å². The van der Waals surface area contributed by atoms with Crippen molar-refractivity contribution in [2.75, 3.05) is 13.1 Å². The molecule has 0 radical (unpaired) electrons. The number of fused-ring (bicyclic) bond motifs is 2. The van der Waals surface area contributed by atoms with E-state index in [4.69, 9.17) is 4.74 Å². The molecule has 1 unspecified atom stereocenters. The van der Waals surface area contributed by atoms with Crippen molar-refractivity contribution in [3.63, 3.8) is 0 Å². The molecule has 5 rings (SSSR count). The van der Waals surface area contributed by atoms with Crippen LogP contribution in [0.4, 0.5) is 0 Å². The topological polar surface area (TPSA) is 108 Å². The monoisotopic (exact) mass is 423 g/mol. The SMILES string of the molecule is Cn1c(=O)c2c(ncn2CC(=O)N2CCC3(CC(=O)c4ccccc4O3)C2)n(C)c1=O. The zero-order valence-corrected chi connectivity index (χ0v) is 17.2. The smallest absolute Gasteiger partial charge is 0.332 e. The second-order valence-electron chi connectivity index (χ2n) is 8.20. The number of hydrogen-bond donors (Lipinski definition) is 0. The lowest BCUT2D eigenvalue weighted by Crippen LogP contribution is -2.45. The Hall–Kier alpha value is -3.69.